The highest BCUT2D eigenvalue weighted by Gasteiger charge is 1.98. The first-order valence-electron chi connectivity index (χ1n) is 9.33. The molecule has 4 heteroatoms. The summed E-state index contributed by atoms with van der Waals surface area (Å²) in [6.07, 6.45) is 2.41. The maximum Gasteiger partial charge on any atom is 0.0841 e. The molecular weight excluding hydrogens is 294 g/mol. The van der Waals surface area contributed by atoms with Gasteiger partial charge in [-0.2, -0.15) is 0 Å². The number of nitrogens with two attached hydrogens (primary N) is 1. The number of aromatic nitrogens is 1. The van der Waals surface area contributed by atoms with E-state index in [2.05, 4.69) is 23.7 Å². The van der Waals surface area contributed by atoms with Crippen molar-refractivity contribution in [3.05, 3.63) is 35.4 Å². The zero-order valence-corrected chi connectivity index (χ0v) is 14.5. The molecule has 1 heterocycles. The van der Waals surface area contributed by atoms with Gasteiger partial charge in [0.15, 0.2) is 0 Å². The molecule has 0 saturated heterocycles. The van der Waals surface area contributed by atoms with Crippen molar-refractivity contribution < 1.29 is 4.11 Å². The third kappa shape index (κ3) is 6.20. The lowest BCUT2D eigenvalue weighted by Crippen LogP contribution is -2.23. The van der Waals surface area contributed by atoms with Crippen molar-refractivity contribution in [2.45, 2.75) is 40.0 Å². The van der Waals surface area contributed by atoms with Crippen LogP contribution in [0.15, 0.2) is 30.4 Å². The van der Waals surface area contributed by atoms with E-state index in [1.54, 1.807) is 6.07 Å². The molecule has 0 aliphatic rings. The van der Waals surface area contributed by atoms with E-state index < -0.39 is 0 Å². The molecule has 0 spiro atoms. The Morgan fingerprint density at radius 1 is 1.27 bits per heavy atom. The molecule has 2 aromatic rings. The van der Waals surface area contributed by atoms with E-state index in [4.69, 9.17) is 21.4 Å². The number of nitrogens with zero attached hydrogens (tertiary/aromatic N) is 2. The molecule has 0 bridgehead atoms. The summed E-state index contributed by atoms with van der Waals surface area (Å²) in [5.41, 5.74) is 6.57. The smallest absolute Gasteiger partial charge is 0.0841 e. The van der Waals surface area contributed by atoms with Gasteiger partial charge in [0.2, 0.25) is 0 Å². The highest BCUT2D eigenvalue weighted by atomic mass is 35.5. The second-order valence-electron chi connectivity index (χ2n) is 5.00. The number of nitrogen functional groups attached to an aromatic ring is 1. The van der Waals surface area contributed by atoms with Gasteiger partial charge in [-0.25, -0.2) is 0 Å². The monoisotopic (exact) mass is 324 g/mol. The van der Waals surface area contributed by atoms with Crippen molar-refractivity contribution in [1.29, 1.82) is 0 Å². The van der Waals surface area contributed by atoms with Crippen LogP contribution in [0.4, 0.5) is 5.69 Å². The molecule has 122 valence electrons. The fourth-order valence-electron chi connectivity index (χ4n) is 2.08. The van der Waals surface area contributed by atoms with Crippen LogP contribution in [0.1, 0.15) is 44.1 Å². The van der Waals surface area contributed by atoms with Gasteiger partial charge >= 0.3 is 0 Å². The highest BCUT2D eigenvalue weighted by molar-refractivity contribution is 6.31. The largest absolute Gasteiger partial charge is 0.398 e. The molecule has 2 N–H and O–H groups in total. The van der Waals surface area contributed by atoms with Crippen molar-refractivity contribution >= 4 is 28.2 Å². The van der Waals surface area contributed by atoms with Crippen molar-refractivity contribution in [3.63, 3.8) is 0 Å². The topological polar surface area (TPSA) is 42.1 Å². The maximum absolute atomic E-state index is 7.65. The second kappa shape index (κ2) is 10.4. The number of anilines is 1. The Hall–Kier alpha value is -1.32. The summed E-state index contributed by atoms with van der Waals surface area (Å²) in [6.45, 7) is 9.78. The number of hydrogen-bond donors (Lipinski definition) is 1. The van der Waals surface area contributed by atoms with Crippen molar-refractivity contribution in [3.8, 4) is 0 Å². The normalized spacial score (nSPS) is 14.0. The fourth-order valence-corrected chi connectivity index (χ4v) is 2.24. The summed E-state index contributed by atoms with van der Waals surface area (Å²) in [6, 6.07) is 4.76. The predicted molar refractivity (Wildman–Crippen MR) is 98.5 cm³/mol. The molecule has 0 radical (unpaired) electrons. The minimum atomic E-state index is 0.0802. The lowest BCUT2D eigenvalue weighted by Gasteiger charge is -2.16. The standard InChI is InChI=1S/C9H7ClN2.C9H21N/c10-6-1-2-7-8(11)3-4-12-9(7)5-6;1-4-7-8-9-10(5-2)6-3/h1-5H,(H2,11,12);4-9H2,1-3H3/i2D,4D;4D. The molecule has 0 aliphatic carbocycles. The van der Waals surface area contributed by atoms with Gasteiger partial charge in [-0.1, -0.05) is 45.2 Å². The van der Waals surface area contributed by atoms with E-state index in [1.165, 1.54) is 18.6 Å². The van der Waals surface area contributed by atoms with Gasteiger partial charge in [0.1, 0.15) is 0 Å². The molecule has 0 saturated carbocycles. The third-order valence-electron chi connectivity index (χ3n) is 3.44. The van der Waals surface area contributed by atoms with Gasteiger partial charge < -0.3 is 10.6 Å². The molecule has 1 aromatic carbocycles. The lowest BCUT2D eigenvalue weighted by molar-refractivity contribution is 0.296. The SMILES string of the molecule is [2H]C(C)CCCN(CC)CC.[2H]c1cc(N)c2c([2H])cc(Cl)cc2n1. The Labute approximate surface area is 143 Å². The molecule has 2 rings (SSSR count). The van der Waals surface area contributed by atoms with Crippen LogP contribution in [0.2, 0.25) is 5.02 Å². The summed E-state index contributed by atoms with van der Waals surface area (Å²) >= 11 is 5.77. The van der Waals surface area contributed by atoms with Crippen molar-refractivity contribution in [2.75, 3.05) is 25.4 Å². The number of fused-ring (bicyclic) bond motifs is 1. The van der Waals surface area contributed by atoms with Crippen molar-refractivity contribution in [2.24, 2.45) is 0 Å². The quantitative estimate of drug-likeness (QED) is 0.814. The molecule has 0 fully saturated rings. The average Bonchev–Trinajstić information content (AvgIpc) is 2.50. The Morgan fingerprint density at radius 2 is 2.00 bits per heavy atom. The van der Waals surface area contributed by atoms with Gasteiger partial charge in [0.25, 0.3) is 0 Å². The molecule has 1 atom stereocenters. The number of pyridine rings is 1. The van der Waals surface area contributed by atoms with Crippen LogP contribution in [-0.2, 0) is 0 Å². The number of halogens is 1. The molecule has 1 unspecified atom stereocenters. The van der Waals surface area contributed by atoms with Gasteiger partial charge in [-0.05, 0) is 50.3 Å². The summed E-state index contributed by atoms with van der Waals surface area (Å²) in [5.74, 6) is 0. The van der Waals surface area contributed by atoms with E-state index in [0.717, 1.165) is 26.1 Å². The Bertz CT molecular complexity index is 633. The first kappa shape index (κ1) is 14.3. The molecule has 1 aromatic heterocycles. The number of rotatable bonds is 6. The van der Waals surface area contributed by atoms with Crippen LogP contribution in [0.5, 0.6) is 0 Å². The highest BCUT2D eigenvalue weighted by Crippen LogP contribution is 2.21. The van der Waals surface area contributed by atoms with Gasteiger partial charge in [0, 0.05) is 23.6 Å². The first-order valence-corrected chi connectivity index (χ1v) is 8.13. The second-order valence-corrected chi connectivity index (χ2v) is 5.43. The van der Waals surface area contributed by atoms with E-state index in [9.17, 15) is 0 Å². The van der Waals surface area contributed by atoms with Crippen LogP contribution < -0.4 is 5.73 Å². The molecule has 3 nitrogen and oxygen atoms in total. The summed E-state index contributed by atoms with van der Waals surface area (Å²) < 4.78 is 22.3. The number of hydrogen-bond acceptors (Lipinski definition) is 3. The van der Waals surface area contributed by atoms with Crippen LogP contribution in [0.3, 0.4) is 0 Å². The van der Waals surface area contributed by atoms with E-state index in [0.29, 0.717) is 21.6 Å². The summed E-state index contributed by atoms with van der Waals surface area (Å²) in [4.78, 5) is 6.35. The average molecular weight is 325 g/mol. The van der Waals surface area contributed by atoms with Gasteiger partial charge in [-0.15, -0.1) is 0 Å². The van der Waals surface area contributed by atoms with Gasteiger partial charge in [0.05, 0.1) is 8.26 Å². The number of benzene rings is 1. The summed E-state index contributed by atoms with van der Waals surface area (Å²) in [7, 11) is 0. The molecule has 0 amide bonds. The van der Waals surface area contributed by atoms with Crippen LogP contribution in [0.25, 0.3) is 10.9 Å². The zero-order chi connectivity index (χ0) is 19.0. The predicted octanol–water partition coefficient (Wildman–Crippen LogP) is 4.99. The van der Waals surface area contributed by atoms with Gasteiger partial charge in [-0.3, -0.25) is 4.98 Å². The third-order valence-corrected chi connectivity index (χ3v) is 3.66. The van der Waals surface area contributed by atoms with E-state index in [-0.39, 0.29) is 18.6 Å². The van der Waals surface area contributed by atoms with Crippen molar-refractivity contribution in [1.82, 2.24) is 9.88 Å². The Balaban J connectivity index is 0.000000260. The molecular formula is C18H28ClN3. The van der Waals surface area contributed by atoms with Crippen LogP contribution in [0, 0.1) is 0 Å². The van der Waals surface area contributed by atoms with Crippen LogP contribution >= 0.6 is 11.6 Å². The fraction of sp³-hybridized carbons (Fsp3) is 0.500. The molecule has 0 aliphatic heterocycles. The van der Waals surface area contributed by atoms with E-state index >= 15 is 0 Å². The lowest BCUT2D eigenvalue weighted by atomic mass is 10.2. The minimum Gasteiger partial charge on any atom is -0.398 e. The maximum atomic E-state index is 7.65. The Morgan fingerprint density at radius 3 is 2.64 bits per heavy atom. The van der Waals surface area contributed by atoms with Crippen LogP contribution in [-0.4, -0.2) is 29.5 Å². The Kier molecular flexibility index (Phi) is 6.76. The molecule has 22 heavy (non-hydrogen) atoms. The first-order chi connectivity index (χ1) is 11.8. The zero-order valence-electron chi connectivity index (χ0n) is 16.7. The minimum absolute atomic E-state index is 0.0802. The van der Waals surface area contributed by atoms with E-state index in [1.807, 2.05) is 6.92 Å². The summed E-state index contributed by atoms with van der Waals surface area (Å²) in [5, 5.41) is 0.977.